The standard InChI is InChI=1S/C19H18F2N2O4S/c20-19(21)8-7-16-13(12-19)11-15(18(25)23-16)17(24)22-9-4-10-28(26,27)14-5-2-1-3-6-14/h1-6,10-11H,7-9,12H2,(H,22,24)(H,23,25)/b10-4+. The molecule has 6 nitrogen and oxygen atoms in total. The summed E-state index contributed by atoms with van der Waals surface area (Å²) in [4.78, 5) is 26.9. The summed E-state index contributed by atoms with van der Waals surface area (Å²) < 4.78 is 51.3. The molecule has 1 aliphatic carbocycles. The topological polar surface area (TPSA) is 96.1 Å². The quantitative estimate of drug-likeness (QED) is 0.793. The van der Waals surface area contributed by atoms with Crippen molar-refractivity contribution < 1.29 is 22.0 Å². The van der Waals surface area contributed by atoms with Crippen LogP contribution in [0.3, 0.4) is 0 Å². The largest absolute Gasteiger partial charge is 0.348 e. The smallest absolute Gasteiger partial charge is 0.261 e. The van der Waals surface area contributed by atoms with Crippen LogP contribution in [0.2, 0.25) is 0 Å². The number of aryl methyl sites for hydroxylation is 1. The van der Waals surface area contributed by atoms with Crippen molar-refractivity contribution in [3.05, 3.63) is 75.1 Å². The third-order valence-corrected chi connectivity index (χ3v) is 5.86. The van der Waals surface area contributed by atoms with Crippen LogP contribution in [-0.4, -0.2) is 31.8 Å². The van der Waals surface area contributed by atoms with Gasteiger partial charge in [-0.15, -0.1) is 0 Å². The second-order valence-corrected chi connectivity index (χ2v) is 8.32. The maximum absolute atomic E-state index is 13.6. The lowest BCUT2D eigenvalue weighted by molar-refractivity contribution is -0.0128. The Labute approximate surface area is 160 Å². The highest BCUT2D eigenvalue weighted by molar-refractivity contribution is 7.94. The predicted molar refractivity (Wildman–Crippen MR) is 99.1 cm³/mol. The van der Waals surface area contributed by atoms with Crippen LogP contribution in [0.5, 0.6) is 0 Å². The van der Waals surface area contributed by atoms with Crippen LogP contribution in [0.1, 0.15) is 28.0 Å². The second-order valence-electron chi connectivity index (χ2n) is 6.49. The van der Waals surface area contributed by atoms with Gasteiger partial charge in [-0.25, -0.2) is 17.2 Å². The van der Waals surface area contributed by atoms with Gasteiger partial charge in [0, 0.05) is 30.5 Å². The van der Waals surface area contributed by atoms with E-state index in [1.54, 1.807) is 18.2 Å². The second kappa shape index (κ2) is 7.67. The van der Waals surface area contributed by atoms with Gasteiger partial charge in [0.05, 0.1) is 4.90 Å². The van der Waals surface area contributed by atoms with Crippen molar-refractivity contribution in [1.82, 2.24) is 10.3 Å². The fourth-order valence-corrected chi connectivity index (χ4v) is 3.99. The molecule has 0 atom stereocenters. The monoisotopic (exact) mass is 408 g/mol. The molecule has 0 saturated heterocycles. The maximum Gasteiger partial charge on any atom is 0.261 e. The molecule has 0 bridgehead atoms. The summed E-state index contributed by atoms with van der Waals surface area (Å²) in [6, 6.07) is 8.94. The first-order valence-corrected chi connectivity index (χ1v) is 10.1. The molecule has 2 aromatic rings. The van der Waals surface area contributed by atoms with Gasteiger partial charge < -0.3 is 10.3 Å². The number of carbonyl (C=O) groups excluding carboxylic acids is 1. The number of sulfone groups is 1. The average molecular weight is 408 g/mol. The number of rotatable bonds is 5. The number of hydrogen-bond acceptors (Lipinski definition) is 4. The molecule has 1 heterocycles. The Kier molecular flexibility index (Phi) is 5.46. The Morgan fingerprint density at radius 2 is 1.96 bits per heavy atom. The molecule has 1 amide bonds. The van der Waals surface area contributed by atoms with Crippen LogP contribution >= 0.6 is 0 Å². The Morgan fingerprint density at radius 1 is 1.25 bits per heavy atom. The molecular weight excluding hydrogens is 390 g/mol. The number of fused-ring (bicyclic) bond motifs is 1. The highest BCUT2D eigenvalue weighted by Gasteiger charge is 2.35. The Morgan fingerprint density at radius 3 is 2.68 bits per heavy atom. The van der Waals surface area contributed by atoms with Crippen molar-refractivity contribution in [3.8, 4) is 0 Å². The molecular formula is C19H18F2N2O4S. The lowest BCUT2D eigenvalue weighted by Crippen LogP contribution is -2.33. The highest BCUT2D eigenvalue weighted by atomic mass is 32.2. The Balaban J connectivity index is 1.68. The first-order chi connectivity index (χ1) is 13.2. The van der Waals surface area contributed by atoms with Crippen molar-refractivity contribution >= 4 is 15.7 Å². The number of hydrogen-bond donors (Lipinski definition) is 2. The van der Waals surface area contributed by atoms with E-state index >= 15 is 0 Å². The van der Waals surface area contributed by atoms with Crippen LogP contribution in [0.15, 0.2) is 57.6 Å². The summed E-state index contributed by atoms with van der Waals surface area (Å²) in [6.07, 6.45) is 0.400. The van der Waals surface area contributed by atoms with Gasteiger partial charge in [0.2, 0.25) is 0 Å². The third-order valence-electron chi connectivity index (χ3n) is 4.38. The number of alkyl halides is 2. The van der Waals surface area contributed by atoms with Crippen LogP contribution in [0, 0.1) is 0 Å². The number of amides is 1. The molecule has 0 radical (unpaired) electrons. The number of benzene rings is 1. The van der Waals surface area contributed by atoms with E-state index in [1.165, 1.54) is 24.3 Å². The number of H-pyrrole nitrogens is 1. The first-order valence-electron chi connectivity index (χ1n) is 8.56. The predicted octanol–water partition coefficient (Wildman–Crippen LogP) is 2.22. The van der Waals surface area contributed by atoms with Gasteiger partial charge >= 0.3 is 0 Å². The highest BCUT2D eigenvalue weighted by Crippen LogP contribution is 2.31. The number of aromatic amines is 1. The van der Waals surface area contributed by atoms with Crippen molar-refractivity contribution in [1.29, 1.82) is 0 Å². The van der Waals surface area contributed by atoms with E-state index in [1.807, 2.05) is 0 Å². The summed E-state index contributed by atoms with van der Waals surface area (Å²) in [5.41, 5.74) is -0.289. The van der Waals surface area contributed by atoms with E-state index in [9.17, 15) is 26.8 Å². The van der Waals surface area contributed by atoms with E-state index in [0.29, 0.717) is 5.69 Å². The van der Waals surface area contributed by atoms with Gasteiger partial charge in [-0.05, 0) is 30.2 Å². The number of pyridine rings is 1. The number of aromatic nitrogens is 1. The fourth-order valence-electron chi connectivity index (χ4n) is 2.95. The van der Waals surface area contributed by atoms with E-state index in [2.05, 4.69) is 10.3 Å². The summed E-state index contributed by atoms with van der Waals surface area (Å²) in [7, 11) is -3.64. The van der Waals surface area contributed by atoms with E-state index < -0.39 is 33.6 Å². The van der Waals surface area contributed by atoms with E-state index in [-0.39, 0.29) is 35.4 Å². The van der Waals surface area contributed by atoms with Gasteiger partial charge in [0.15, 0.2) is 9.84 Å². The molecule has 0 aliphatic heterocycles. The minimum Gasteiger partial charge on any atom is -0.348 e. The normalized spacial score (nSPS) is 15.9. The zero-order valence-corrected chi connectivity index (χ0v) is 15.6. The van der Waals surface area contributed by atoms with Crippen molar-refractivity contribution in [2.75, 3.05) is 6.54 Å². The number of carbonyl (C=O) groups is 1. The SMILES string of the molecule is O=C(NC/C=C/S(=O)(=O)c1ccccc1)c1cc2c([nH]c1=O)CCC(F)(F)C2. The van der Waals surface area contributed by atoms with Gasteiger partial charge in [0.1, 0.15) is 5.56 Å². The van der Waals surface area contributed by atoms with Crippen molar-refractivity contribution in [2.45, 2.75) is 30.1 Å². The van der Waals surface area contributed by atoms with Gasteiger partial charge in [-0.3, -0.25) is 9.59 Å². The Bertz CT molecular complexity index is 1080. The van der Waals surface area contributed by atoms with Crippen molar-refractivity contribution in [2.24, 2.45) is 0 Å². The molecule has 0 fully saturated rings. The minimum absolute atomic E-state index is 0.0412. The zero-order valence-electron chi connectivity index (χ0n) is 14.7. The first kappa shape index (κ1) is 19.9. The van der Waals surface area contributed by atoms with Crippen LogP contribution in [-0.2, 0) is 22.7 Å². The van der Waals surface area contributed by atoms with Gasteiger partial charge in [-0.2, -0.15) is 0 Å². The molecule has 1 aromatic carbocycles. The maximum atomic E-state index is 13.6. The number of halogens is 2. The zero-order chi connectivity index (χ0) is 20.4. The van der Waals surface area contributed by atoms with Gasteiger partial charge in [0.25, 0.3) is 17.4 Å². The van der Waals surface area contributed by atoms with Crippen LogP contribution in [0.25, 0.3) is 0 Å². The lowest BCUT2D eigenvalue weighted by atomic mass is 9.92. The fraction of sp³-hybridized carbons (Fsp3) is 0.263. The molecule has 2 N–H and O–H groups in total. The minimum atomic E-state index is -3.64. The van der Waals surface area contributed by atoms with Crippen LogP contribution in [0.4, 0.5) is 8.78 Å². The summed E-state index contributed by atoms with van der Waals surface area (Å²) >= 11 is 0. The molecule has 0 saturated carbocycles. The molecule has 3 rings (SSSR count). The molecule has 0 unspecified atom stereocenters. The molecule has 1 aromatic heterocycles. The molecule has 1 aliphatic rings. The van der Waals surface area contributed by atoms with Gasteiger partial charge in [-0.1, -0.05) is 24.3 Å². The summed E-state index contributed by atoms with van der Waals surface area (Å²) in [6.45, 7) is -0.141. The molecule has 9 heteroatoms. The third kappa shape index (κ3) is 4.53. The van der Waals surface area contributed by atoms with E-state index in [4.69, 9.17) is 0 Å². The van der Waals surface area contributed by atoms with Crippen LogP contribution < -0.4 is 10.9 Å². The molecule has 28 heavy (non-hydrogen) atoms. The van der Waals surface area contributed by atoms with Crippen molar-refractivity contribution in [3.63, 3.8) is 0 Å². The lowest BCUT2D eigenvalue weighted by Gasteiger charge is -2.24. The number of nitrogens with one attached hydrogen (secondary N) is 2. The van der Waals surface area contributed by atoms with E-state index in [0.717, 1.165) is 5.41 Å². The summed E-state index contributed by atoms with van der Waals surface area (Å²) in [5.74, 6) is -3.63. The summed E-state index contributed by atoms with van der Waals surface area (Å²) in [5, 5.41) is 3.35. The molecule has 0 spiro atoms. The average Bonchev–Trinajstić information content (AvgIpc) is 2.65. The molecule has 148 valence electrons. The Hall–Kier alpha value is -2.81.